The predicted octanol–water partition coefficient (Wildman–Crippen LogP) is 2.15. The van der Waals surface area contributed by atoms with Gasteiger partial charge in [0.05, 0.1) is 7.11 Å². The molecular weight excluding hydrogens is 220 g/mol. The van der Waals surface area contributed by atoms with Gasteiger partial charge in [-0.3, -0.25) is 14.4 Å². The summed E-state index contributed by atoms with van der Waals surface area (Å²) in [5.74, 6) is -1.85. The van der Waals surface area contributed by atoms with E-state index < -0.39 is 11.9 Å². The quantitative estimate of drug-likeness (QED) is 0.529. The summed E-state index contributed by atoms with van der Waals surface area (Å²) >= 11 is 0. The van der Waals surface area contributed by atoms with Gasteiger partial charge >= 0.3 is 5.97 Å². The van der Waals surface area contributed by atoms with Gasteiger partial charge in [0.2, 0.25) is 0 Å². The highest BCUT2D eigenvalue weighted by molar-refractivity contribution is 6.02. The van der Waals surface area contributed by atoms with Crippen molar-refractivity contribution in [3.8, 4) is 0 Å². The fourth-order valence-electron chi connectivity index (χ4n) is 1.61. The summed E-state index contributed by atoms with van der Waals surface area (Å²) < 4.78 is 4.55. The molecule has 1 atom stereocenters. The Hall–Kier alpha value is -1.19. The molecule has 0 aromatic carbocycles. The minimum Gasteiger partial charge on any atom is -0.468 e. The van der Waals surface area contributed by atoms with Crippen LogP contribution < -0.4 is 0 Å². The first-order valence-corrected chi connectivity index (χ1v) is 5.83. The fraction of sp³-hybridized carbons (Fsp3) is 0.769. The second-order valence-corrected chi connectivity index (χ2v) is 5.38. The van der Waals surface area contributed by atoms with Crippen molar-refractivity contribution in [2.45, 2.75) is 47.0 Å². The Balaban J connectivity index is 4.60. The monoisotopic (exact) mass is 242 g/mol. The van der Waals surface area contributed by atoms with E-state index in [1.165, 1.54) is 7.11 Å². The molecule has 4 nitrogen and oxygen atoms in total. The average Bonchev–Trinajstić information content (AvgIpc) is 2.21. The van der Waals surface area contributed by atoms with Crippen molar-refractivity contribution < 1.29 is 19.1 Å². The molecule has 1 unspecified atom stereocenters. The van der Waals surface area contributed by atoms with Crippen LogP contribution in [0, 0.1) is 11.3 Å². The largest absolute Gasteiger partial charge is 0.468 e. The fourth-order valence-corrected chi connectivity index (χ4v) is 1.61. The lowest BCUT2D eigenvalue weighted by atomic mass is 9.86. The number of carbonyl (C=O) groups excluding carboxylic acids is 3. The van der Waals surface area contributed by atoms with Crippen LogP contribution in [-0.4, -0.2) is 24.6 Å². The van der Waals surface area contributed by atoms with Gasteiger partial charge in [0.15, 0.2) is 0 Å². The van der Waals surface area contributed by atoms with Crippen molar-refractivity contribution in [1.82, 2.24) is 0 Å². The molecule has 0 aromatic rings. The lowest BCUT2D eigenvalue weighted by molar-refractivity contribution is -0.151. The van der Waals surface area contributed by atoms with Gasteiger partial charge in [-0.2, -0.15) is 0 Å². The molecule has 0 radical (unpaired) electrons. The molecule has 0 aliphatic rings. The molecule has 0 fully saturated rings. The highest BCUT2D eigenvalue weighted by Crippen LogP contribution is 2.22. The maximum Gasteiger partial charge on any atom is 0.316 e. The Labute approximate surface area is 103 Å². The summed E-state index contributed by atoms with van der Waals surface area (Å²) in [4.78, 5) is 34.7. The van der Waals surface area contributed by atoms with Crippen molar-refractivity contribution in [3.05, 3.63) is 0 Å². The van der Waals surface area contributed by atoms with Crippen molar-refractivity contribution in [1.29, 1.82) is 0 Å². The molecule has 0 N–H and O–H groups in total. The number of hydrogen-bond donors (Lipinski definition) is 0. The van der Waals surface area contributed by atoms with Gasteiger partial charge in [0, 0.05) is 19.3 Å². The highest BCUT2D eigenvalue weighted by atomic mass is 16.5. The molecule has 0 amide bonds. The van der Waals surface area contributed by atoms with E-state index in [0.717, 1.165) is 0 Å². The number of ketones is 2. The lowest BCUT2D eigenvalue weighted by Gasteiger charge is -2.18. The third kappa shape index (κ3) is 6.19. The Kier molecular flexibility index (Phi) is 6.07. The van der Waals surface area contributed by atoms with E-state index in [1.807, 2.05) is 20.8 Å². The van der Waals surface area contributed by atoms with E-state index >= 15 is 0 Å². The number of esters is 1. The first-order chi connectivity index (χ1) is 7.71. The number of carbonyl (C=O) groups is 3. The smallest absolute Gasteiger partial charge is 0.316 e. The van der Waals surface area contributed by atoms with Gasteiger partial charge in [-0.15, -0.1) is 0 Å². The predicted molar refractivity (Wildman–Crippen MR) is 64.5 cm³/mol. The Morgan fingerprint density at radius 1 is 1.18 bits per heavy atom. The molecular formula is C13H22O4. The van der Waals surface area contributed by atoms with Crippen molar-refractivity contribution >= 4 is 17.5 Å². The topological polar surface area (TPSA) is 60.4 Å². The van der Waals surface area contributed by atoms with Crippen LogP contribution in [0.15, 0.2) is 0 Å². The molecule has 4 heteroatoms. The maximum atomic E-state index is 11.7. The van der Waals surface area contributed by atoms with E-state index in [-0.39, 0.29) is 29.8 Å². The van der Waals surface area contributed by atoms with Gasteiger partial charge in [-0.05, 0) is 5.41 Å². The molecule has 98 valence electrons. The number of ether oxygens (including phenoxy) is 1. The molecule has 0 aliphatic carbocycles. The zero-order valence-electron chi connectivity index (χ0n) is 11.3. The van der Waals surface area contributed by atoms with Crippen molar-refractivity contribution in [3.63, 3.8) is 0 Å². The summed E-state index contributed by atoms with van der Waals surface area (Å²) in [6.07, 6.45) is 0.552. The summed E-state index contributed by atoms with van der Waals surface area (Å²) in [7, 11) is 1.23. The SMILES string of the molecule is CCC(=O)C(CC(=O)CC(C)(C)C)C(=O)OC. The molecule has 0 saturated carbocycles. The normalized spacial score (nSPS) is 13.0. The molecule has 0 aliphatic heterocycles. The van der Waals surface area contributed by atoms with E-state index in [1.54, 1.807) is 6.92 Å². The van der Waals surface area contributed by atoms with Crippen molar-refractivity contribution in [2.24, 2.45) is 11.3 Å². The van der Waals surface area contributed by atoms with Gasteiger partial charge < -0.3 is 4.74 Å². The summed E-state index contributed by atoms with van der Waals surface area (Å²) in [6, 6.07) is 0. The third-order valence-electron chi connectivity index (χ3n) is 2.38. The summed E-state index contributed by atoms with van der Waals surface area (Å²) in [6.45, 7) is 7.51. The van der Waals surface area contributed by atoms with Crippen LogP contribution in [0.5, 0.6) is 0 Å². The average molecular weight is 242 g/mol. The van der Waals surface area contributed by atoms with Crippen LogP contribution in [0.25, 0.3) is 0 Å². The molecule has 0 heterocycles. The van der Waals surface area contributed by atoms with E-state index in [4.69, 9.17) is 0 Å². The summed E-state index contributed by atoms with van der Waals surface area (Å²) in [5.41, 5.74) is -0.132. The standard InChI is InChI=1S/C13H22O4/c1-6-11(15)10(12(16)17-5)7-9(14)8-13(2,3)4/h10H,6-8H2,1-5H3. The van der Waals surface area contributed by atoms with Crippen LogP contribution in [0.4, 0.5) is 0 Å². The number of methoxy groups -OCH3 is 1. The van der Waals surface area contributed by atoms with Crippen LogP contribution in [-0.2, 0) is 19.1 Å². The van der Waals surface area contributed by atoms with Crippen molar-refractivity contribution in [2.75, 3.05) is 7.11 Å². The number of hydrogen-bond acceptors (Lipinski definition) is 4. The molecule has 0 spiro atoms. The van der Waals surface area contributed by atoms with Crippen LogP contribution in [0.2, 0.25) is 0 Å². The van der Waals surface area contributed by atoms with E-state index in [0.29, 0.717) is 6.42 Å². The number of Topliss-reactive ketones (excluding diaryl/α,β-unsaturated/α-hetero) is 2. The second-order valence-electron chi connectivity index (χ2n) is 5.38. The minimum absolute atomic E-state index is 0.0450. The van der Waals surface area contributed by atoms with Crippen LogP contribution in [0.1, 0.15) is 47.0 Å². The maximum absolute atomic E-state index is 11.7. The first kappa shape index (κ1) is 15.8. The Morgan fingerprint density at radius 3 is 2.06 bits per heavy atom. The Bertz CT molecular complexity index is 283. The van der Waals surface area contributed by atoms with Crippen LogP contribution >= 0.6 is 0 Å². The first-order valence-electron chi connectivity index (χ1n) is 5.83. The molecule has 0 saturated heterocycles. The van der Waals surface area contributed by atoms with Crippen LogP contribution in [0.3, 0.4) is 0 Å². The highest BCUT2D eigenvalue weighted by Gasteiger charge is 2.29. The number of rotatable bonds is 6. The zero-order chi connectivity index (χ0) is 13.6. The lowest BCUT2D eigenvalue weighted by Crippen LogP contribution is -2.28. The van der Waals surface area contributed by atoms with E-state index in [9.17, 15) is 14.4 Å². The third-order valence-corrected chi connectivity index (χ3v) is 2.38. The Morgan fingerprint density at radius 2 is 1.71 bits per heavy atom. The second kappa shape index (κ2) is 6.52. The summed E-state index contributed by atoms with van der Waals surface area (Å²) in [5, 5.41) is 0. The molecule has 0 bridgehead atoms. The molecule has 17 heavy (non-hydrogen) atoms. The molecule has 0 rings (SSSR count). The van der Waals surface area contributed by atoms with E-state index in [2.05, 4.69) is 4.74 Å². The van der Waals surface area contributed by atoms with Gasteiger partial charge in [0.1, 0.15) is 17.5 Å². The molecule has 0 aromatic heterocycles. The van der Waals surface area contributed by atoms with Gasteiger partial charge in [-0.1, -0.05) is 27.7 Å². The zero-order valence-corrected chi connectivity index (χ0v) is 11.3. The minimum atomic E-state index is -0.931. The van der Waals surface area contributed by atoms with Gasteiger partial charge in [0.25, 0.3) is 0 Å². The van der Waals surface area contributed by atoms with Gasteiger partial charge in [-0.25, -0.2) is 0 Å².